The quantitative estimate of drug-likeness (QED) is 0.392. The topological polar surface area (TPSA) is 89.8 Å². The average Bonchev–Trinajstić information content (AvgIpc) is 3.10. The van der Waals surface area contributed by atoms with Gasteiger partial charge in [0.1, 0.15) is 17.8 Å². The molecular weight excluding hydrogens is 411 g/mol. The molecule has 4 rings (SSSR count). The Morgan fingerprint density at radius 3 is 2.65 bits per heavy atom. The van der Waals surface area contributed by atoms with Gasteiger partial charge in [0.15, 0.2) is 17.4 Å². The highest BCUT2D eigenvalue weighted by atomic mass is 19.2. The second-order valence-corrected chi connectivity index (χ2v) is 6.75. The molecule has 156 valence electrons. The van der Waals surface area contributed by atoms with Gasteiger partial charge in [-0.05, 0) is 18.2 Å². The number of hydrogen-bond acceptors (Lipinski definition) is 5. The second kappa shape index (κ2) is 7.98. The van der Waals surface area contributed by atoms with Gasteiger partial charge in [0.25, 0.3) is 0 Å². The van der Waals surface area contributed by atoms with Crippen molar-refractivity contribution < 1.29 is 22.8 Å². The van der Waals surface area contributed by atoms with E-state index in [4.69, 9.17) is 0 Å². The van der Waals surface area contributed by atoms with Crippen LogP contribution in [0.4, 0.5) is 18.9 Å². The summed E-state index contributed by atoms with van der Waals surface area (Å²) in [6.45, 7) is 0. The van der Waals surface area contributed by atoms with Crippen LogP contribution < -0.4 is 5.32 Å². The number of aryl methyl sites for hydroxylation is 1. The van der Waals surface area contributed by atoms with E-state index in [1.807, 2.05) is 0 Å². The van der Waals surface area contributed by atoms with Crippen molar-refractivity contribution in [3.63, 3.8) is 0 Å². The van der Waals surface area contributed by atoms with Crippen LogP contribution in [0.3, 0.4) is 0 Å². The number of anilines is 1. The Kier molecular flexibility index (Phi) is 5.20. The summed E-state index contributed by atoms with van der Waals surface area (Å²) in [6, 6.07) is 2.77. The maximum Gasteiger partial charge on any atom is 0.229 e. The zero-order valence-electron chi connectivity index (χ0n) is 16.1. The number of amides is 1. The molecule has 4 aromatic rings. The third kappa shape index (κ3) is 3.87. The van der Waals surface area contributed by atoms with E-state index in [1.54, 1.807) is 17.8 Å². The van der Waals surface area contributed by atoms with Crippen molar-refractivity contribution in [3.8, 4) is 0 Å². The molecule has 1 amide bonds. The maximum atomic E-state index is 13.8. The predicted molar refractivity (Wildman–Crippen MR) is 105 cm³/mol. The first-order valence-corrected chi connectivity index (χ1v) is 9.02. The maximum absolute atomic E-state index is 13.8. The van der Waals surface area contributed by atoms with Gasteiger partial charge in [-0.2, -0.15) is 0 Å². The number of carbonyl (C=O) groups excluding carboxylic acids is 2. The summed E-state index contributed by atoms with van der Waals surface area (Å²) in [4.78, 5) is 37.2. The van der Waals surface area contributed by atoms with E-state index in [0.29, 0.717) is 22.7 Å². The van der Waals surface area contributed by atoms with Gasteiger partial charge in [-0.15, -0.1) is 0 Å². The number of nitrogens with one attached hydrogen (secondary N) is 1. The molecule has 0 spiro atoms. The summed E-state index contributed by atoms with van der Waals surface area (Å²) >= 11 is 0. The first-order valence-electron chi connectivity index (χ1n) is 9.02. The molecule has 0 unspecified atom stereocenters. The molecule has 0 aliphatic carbocycles. The fraction of sp³-hybridized carbons (Fsp3) is 0.0952. The number of ketones is 1. The van der Waals surface area contributed by atoms with E-state index >= 15 is 0 Å². The van der Waals surface area contributed by atoms with Gasteiger partial charge in [-0.3, -0.25) is 14.6 Å². The highest BCUT2D eigenvalue weighted by Crippen LogP contribution is 2.22. The smallest absolute Gasteiger partial charge is 0.229 e. The normalized spacial score (nSPS) is 11.0. The van der Waals surface area contributed by atoms with Crippen LogP contribution in [0.25, 0.3) is 11.0 Å². The highest BCUT2D eigenvalue weighted by molar-refractivity contribution is 6.16. The van der Waals surface area contributed by atoms with Gasteiger partial charge in [-0.1, -0.05) is 0 Å². The van der Waals surface area contributed by atoms with E-state index in [1.165, 1.54) is 31.0 Å². The third-order valence-corrected chi connectivity index (χ3v) is 4.64. The minimum atomic E-state index is -1.42. The number of halogens is 3. The Morgan fingerprint density at radius 1 is 1.06 bits per heavy atom. The molecule has 0 bridgehead atoms. The second-order valence-electron chi connectivity index (χ2n) is 6.75. The zero-order chi connectivity index (χ0) is 22.1. The zero-order valence-corrected chi connectivity index (χ0v) is 16.1. The van der Waals surface area contributed by atoms with Gasteiger partial charge < -0.3 is 9.88 Å². The van der Waals surface area contributed by atoms with Crippen molar-refractivity contribution in [2.24, 2.45) is 7.05 Å². The molecule has 0 saturated carbocycles. The van der Waals surface area contributed by atoms with Crippen molar-refractivity contribution in [2.45, 2.75) is 6.42 Å². The monoisotopic (exact) mass is 425 g/mol. The number of fused-ring (bicyclic) bond motifs is 1. The molecule has 0 radical (unpaired) electrons. The minimum Gasteiger partial charge on any atom is -0.335 e. The summed E-state index contributed by atoms with van der Waals surface area (Å²) in [5, 5.41) is 2.97. The summed E-state index contributed by atoms with van der Waals surface area (Å²) in [6.07, 6.45) is 6.39. The minimum absolute atomic E-state index is 0.143. The molecule has 0 aliphatic rings. The predicted octanol–water partition coefficient (Wildman–Crippen LogP) is 3.19. The van der Waals surface area contributed by atoms with E-state index in [-0.39, 0.29) is 17.0 Å². The van der Waals surface area contributed by atoms with Crippen molar-refractivity contribution >= 4 is 28.4 Å². The SMILES string of the molecule is Cn1cc(C(=O)c2cncc(NC(=O)Cc3c(F)ccc(F)c3F)c2)c2cncnc21. The lowest BCUT2D eigenvalue weighted by Gasteiger charge is -2.08. The Balaban J connectivity index is 1.57. The molecule has 0 fully saturated rings. The number of benzene rings is 1. The molecule has 1 N–H and O–H groups in total. The van der Waals surface area contributed by atoms with Crippen LogP contribution >= 0.6 is 0 Å². The van der Waals surface area contributed by atoms with Crippen molar-refractivity contribution in [1.82, 2.24) is 19.5 Å². The Labute approximate surface area is 173 Å². The van der Waals surface area contributed by atoms with E-state index in [2.05, 4.69) is 20.3 Å². The van der Waals surface area contributed by atoms with Crippen LogP contribution in [0, 0.1) is 17.5 Å². The molecule has 31 heavy (non-hydrogen) atoms. The summed E-state index contributed by atoms with van der Waals surface area (Å²) in [7, 11) is 1.74. The first-order chi connectivity index (χ1) is 14.8. The fourth-order valence-corrected chi connectivity index (χ4v) is 3.18. The molecule has 0 aliphatic heterocycles. The van der Waals surface area contributed by atoms with Gasteiger partial charge in [0.05, 0.1) is 23.9 Å². The van der Waals surface area contributed by atoms with Crippen molar-refractivity contribution in [3.05, 3.63) is 83.5 Å². The van der Waals surface area contributed by atoms with Crippen LogP contribution in [0.2, 0.25) is 0 Å². The first kappa shape index (κ1) is 20.2. The molecule has 10 heteroatoms. The molecule has 3 aromatic heterocycles. The third-order valence-electron chi connectivity index (χ3n) is 4.64. The summed E-state index contributed by atoms with van der Waals surface area (Å²) in [5.74, 6) is -4.87. The lowest BCUT2D eigenvalue weighted by molar-refractivity contribution is -0.115. The summed E-state index contributed by atoms with van der Waals surface area (Å²) in [5.41, 5.74) is 0.567. The Morgan fingerprint density at radius 2 is 1.84 bits per heavy atom. The summed E-state index contributed by atoms with van der Waals surface area (Å²) < 4.78 is 42.6. The van der Waals surface area contributed by atoms with Gasteiger partial charge >= 0.3 is 0 Å². The number of aromatic nitrogens is 4. The van der Waals surface area contributed by atoms with Crippen LogP contribution in [0.15, 0.2) is 49.3 Å². The van der Waals surface area contributed by atoms with Crippen LogP contribution in [-0.2, 0) is 18.3 Å². The fourth-order valence-electron chi connectivity index (χ4n) is 3.18. The highest BCUT2D eigenvalue weighted by Gasteiger charge is 2.19. The van der Waals surface area contributed by atoms with Crippen molar-refractivity contribution in [1.29, 1.82) is 0 Å². The Hall–Kier alpha value is -4.08. The van der Waals surface area contributed by atoms with Crippen LogP contribution in [0.1, 0.15) is 21.5 Å². The number of pyridine rings is 1. The number of rotatable bonds is 5. The number of carbonyl (C=O) groups is 2. The molecule has 0 saturated heterocycles. The number of hydrogen-bond donors (Lipinski definition) is 1. The average molecular weight is 425 g/mol. The lowest BCUT2D eigenvalue weighted by atomic mass is 10.1. The van der Waals surface area contributed by atoms with Gasteiger partial charge in [-0.25, -0.2) is 23.1 Å². The van der Waals surface area contributed by atoms with E-state index in [0.717, 1.165) is 6.07 Å². The molecular formula is C21H14F3N5O2. The van der Waals surface area contributed by atoms with Crippen molar-refractivity contribution in [2.75, 3.05) is 5.32 Å². The molecule has 7 nitrogen and oxygen atoms in total. The van der Waals surface area contributed by atoms with E-state index in [9.17, 15) is 22.8 Å². The van der Waals surface area contributed by atoms with Gasteiger partial charge in [0, 0.05) is 42.2 Å². The van der Waals surface area contributed by atoms with Gasteiger partial charge in [0.2, 0.25) is 5.91 Å². The Bertz CT molecular complexity index is 1340. The number of nitrogens with zero attached hydrogens (tertiary/aromatic N) is 4. The molecule has 0 atom stereocenters. The van der Waals surface area contributed by atoms with E-state index < -0.39 is 35.3 Å². The van der Waals surface area contributed by atoms with Crippen LogP contribution in [-0.4, -0.2) is 31.2 Å². The largest absolute Gasteiger partial charge is 0.335 e. The lowest BCUT2D eigenvalue weighted by Crippen LogP contribution is -2.17. The molecule has 3 heterocycles. The van der Waals surface area contributed by atoms with Crippen LogP contribution in [0.5, 0.6) is 0 Å². The molecule has 1 aromatic carbocycles. The standard InChI is InChI=1S/C21H14F3N5O2/c1-29-9-15(14-8-26-10-27-21(14)29)20(31)11-4-12(7-25-6-11)28-18(30)5-13-16(22)2-3-17(23)19(13)24/h2-4,6-10H,5H2,1H3,(H,28,30).